The summed E-state index contributed by atoms with van der Waals surface area (Å²) in [6.07, 6.45) is -4.61. The molecule has 1 rings (SSSR count). The van der Waals surface area contributed by atoms with Gasteiger partial charge in [0, 0.05) is 0 Å². The number of nitrogens with one attached hydrogen (secondary N) is 1. The van der Waals surface area contributed by atoms with Gasteiger partial charge in [-0.15, -0.1) is 0 Å². The number of benzene rings is 1. The number of hydrogen-bond donors (Lipinski definition) is 2. The van der Waals surface area contributed by atoms with Crippen molar-refractivity contribution in [1.82, 2.24) is 5.43 Å². The maximum atomic E-state index is 12.8. The van der Waals surface area contributed by atoms with Crippen LogP contribution in [0.2, 0.25) is 0 Å². The Balaban J connectivity index is 3.15. The Morgan fingerprint density at radius 1 is 1.18 bits per heavy atom. The van der Waals surface area contributed by atoms with Crippen molar-refractivity contribution < 1.29 is 22.0 Å². The van der Waals surface area contributed by atoms with Crippen molar-refractivity contribution >= 4 is 11.6 Å². The number of nitrogens with two attached hydrogens (primary N) is 1. The predicted octanol–water partition coefficient (Wildman–Crippen LogP) is 3.04. The molecule has 1 aromatic carbocycles. The Bertz CT molecular complexity index is 388. The minimum Gasteiger partial charge on any atom is -0.271 e. The molecule has 0 aliphatic rings. The van der Waals surface area contributed by atoms with Gasteiger partial charge >= 0.3 is 11.6 Å². The van der Waals surface area contributed by atoms with Crippen LogP contribution in [0.15, 0.2) is 24.3 Å². The fourth-order valence-corrected chi connectivity index (χ4v) is 1.46. The molecule has 0 aliphatic heterocycles. The predicted molar refractivity (Wildman–Crippen MR) is 52.3 cm³/mol. The highest BCUT2D eigenvalue weighted by molar-refractivity contribution is 6.22. The summed E-state index contributed by atoms with van der Waals surface area (Å²) in [7, 11) is 0. The molecule has 96 valence electrons. The average Bonchev–Trinajstić information content (AvgIpc) is 2.15. The lowest BCUT2D eigenvalue weighted by molar-refractivity contribution is -0.137. The van der Waals surface area contributed by atoms with Gasteiger partial charge in [0.05, 0.1) is 5.56 Å². The Hall–Kier alpha value is -0.920. The smallest absolute Gasteiger partial charge is 0.271 e. The van der Waals surface area contributed by atoms with Gasteiger partial charge in [-0.25, -0.2) is 5.43 Å². The fraction of sp³-hybridized carbons (Fsp3) is 0.333. The Kier molecular flexibility index (Phi) is 3.95. The van der Waals surface area contributed by atoms with E-state index in [1.165, 1.54) is 0 Å². The number of rotatable bonds is 3. The van der Waals surface area contributed by atoms with Gasteiger partial charge in [-0.2, -0.15) is 22.0 Å². The summed E-state index contributed by atoms with van der Waals surface area (Å²) < 4.78 is 62.8. The topological polar surface area (TPSA) is 38.0 Å². The minimum atomic E-state index is -4.61. The lowest BCUT2D eigenvalue weighted by Crippen LogP contribution is -2.37. The second-order valence-electron chi connectivity index (χ2n) is 3.26. The molecule has 1 aromatic rings. The number of alkyl halides is 6. The summed E-state index contributed by atoms with van der Waals surface area (Å²) >= 11 is 4.74. The zero-order chi connectivity index (χ0) is 13.3. The molecule has 0 bridgehead atoms. The van der Waals surface area contributed by atoms with Gasteiger partial charge in [-0.3, -0.25) is 5.84 Å². The summed E-state index contributed by atoms with van der Waals surface area (Å²) in [6.45, 7) is 0. The standard InChI is InChI=1S/C9H8ClF5N2/c10-8(11,12)7(17-16)5-2-1-3-6(4-5)9(13,14)15/h1-4,7,17H,16H2. The van der Waals surface area contributed by atoms with E-state index < -0.39 is 23.2 Å². The zero-order valence-corrected chi connectivity index (χ0v) is 8.99. The van der Waals surface area contributed by atoms with Gasteiger partial charge in [0.25, 0.3) is 0 Å². The number of halogens is 6. The molecule has 0 saturated carbocycles. The lowest BCUT2D eigenvalue weighted by Gasteiger charge is -2.21. The summed E-state index contributed by atoms with van der Waals surface area (Å²) in [5.41, 5.74) is 0.297. The van der Waals surface area contributed by atoms with Crippen molar-refractivity contribution in [3.8, 4) is 0 Å². The zero-order valence-electron chi connectivity index (χ0n) is 8.23. The largest absolute Gasteiger partial charge is 0.416 e. The van der Waals surface area contributed by atoms with Crippen molar-refractivity contribution in [2.75, 3.05) is 0 Å². The molecule has 8 heteroatoms. The van der Waals surface area contributed by atoms with Crippen LogP contribution in [0.4, 0.5) is 22.0 Å². The first-order valence-corrected chi connectivity index (χ1v) is 4.74. The van der Waals surface area contributed by atoms with Crippen LogP contribution >= 0.6 is 11.6 Å². The molecule has 0 spiro atoms. The second-order valence-corrected chi connectivity index (χ2v) is 3.77. The Morgan fingerprint density at radius 3 is 2.18 bits per heavy atom. The molecule has 0 saturated heterocycles. The van der Waals surface area contributed by atoms with E-state index >= 15 is 0 Å². The molecule has 0 aromatic heterocycles. The monoisotopic (exact) mass is 274 g/mol. The van der Waals surface area contributed by atoms with E-state index in [0.717, 1.165) is 18.2 Å². The van der Waals surface area contributed by atoms with Crippen LogP contribution in [0, 0.1) is 0 Å². The van der Waals surface area contributed by atoms with E-state index in [1.807, 2.05) is 0 Å². The van der Waals surface area contributed by atoms with Gasteiger partial charge in [0.15, 0.2) is 0 Å². The third kappa shape index (κ3) is 3.52. The summed E-state index contributed by atoms with van der Waals surface area (Å²) in [5.74, 6) is 4.85. The van der Waals surface area contributed by atoms with Crippen molar-refractivity contribution in [3.63, 3.8) is 0 Å². The van der Waals surface area contributed by atoms with E-state index in [0.29, 0.717) is 6.07 Å². The maximum Gasteiger partial charge on any atom is 0.416 e. The molecule has 17 heavy (non-hydrogen) atoms. The molecule has 3 N–H and O–H groups in total. The summed E-state index contributed by atoms with van der Waals surface area (Å²) in [6, 6.07) is 1.53. The molecular weight excluding hydrogens is 267 g/mol. The van der Waals surface area contributed by atoms with Crippen molar-refractivity contribution in [3.05, 3.63) is 35.4 Å². The third-order valence-electron chi connectivity index (χ3n) is 2.04. The normalized spacial score (nSPS) is 14.8. The van der Waals surface area contributed by atoms with E-state index in [-0.39, 0.29) is 5.56 Å². The van der Waals surface area contributed by atoms with Crippen LogP contribution in [0.3, 0.4) is 0 Å². The van der Waals surface area contributed by atoms with Gasteiger partial charge in [0.2, 0.25) is 0 Å². The first-order valence-electron chi connectivity index (χ1n) is 4.36. The van der Waals surface area contributed by atoms with Gasteiger partial charge in [-0.1, -0.05) is 12.1 Å². The molecule has 1 unspecified atom stereocenters. The highest BCUT2D eigenvalue weighted by atomic mass is 35.5. The first kappa shape index (κ1) is 14.1. The maximum absolute atomic E-state index is 12.8. The van der Waals surface area contributed by atoms with Gasteiger partial charge in [0.1, 0.15) is 6.04 Å². The van der Waals surface area contributed by atoms with Crippen LogP contribution in [-0.2, 0) is 6.18 Å². The van der Waals surface area contributed by atoms with E-state index in [2.05, 4.69) is 0 Å². The first-order chi connectivity index (χ1) is 7.66. The summed E-state index contributed by atoms with van der Waals surface area (Å²) in [5, 5.41) is -3.79. The Labute approximate surface area is 98.5 Å². The third-order valence-corrected chi connectivity index (χ3v) is 2.26. The molecule has 2 nitrogen and oxygen atoms in total. The number of hydrazine groups is 1. The van der Waals surface area contributed by atoms with Gasteiger partial charge < -0.3 is 0 Å². The number of hydrogen-bond acceptors (Lipinski definition) is 2. The highest BCUT2D eigenvalue weighted by Gasteiger charge is 2.39. The fourth-order valence-electron chi connectivity index (χ4n) is 1.27. The molecule has 0 aliphatic carbocycles. The van der Waals surface area contributed by atoms with E-state index in [4.69, 9.17) is 17.4 Å². The van der Waals surface area contributed by atoms with Crippen LogP contribution < -0.4 is 11.3 Å². The molecular formula is C9H8ClF5N2. The molecule has 0 heterocycles. The van der Waals surface area contributed by atoms with E-state index in [1.54, 1.807) is 5.43 Å². The SMILES string of the molecule is NNC(c1cccc(C(F)(F)F)c1)C(F)(F)Cl. The highest BCUT2D eigenvalue weighted by Crippen LogP contribution is 2.37. The molecule has 0 radical (unpaired) electrons. The van der Waals surface area contributed by atoms with E-state index in [9.17, 15) is 22.0 Å². The van der Waals surface area contributed by atoms with Crippen molar-refractivity contribution in [2.45, 2.75) is 17.6 Å². The van der Waals surface area contributed by atoms with Gasteiger partial charge in [-0.05, 0) is 29.3 Å². The van der Waals surface area contributed by atoms with Crippen LogP contribution in [-0.4, -0.2) is 5.38 Å². The molecule has 0 amide bonds. The van der Waals surface area contributed by atoms with Crippen LogP contribution in [0.25, 0.3) is 0 Å². The second kappa shape index (κ2) is 4.75. The Morgan fingerprint density at radius 2 is 1.76 bits per heavy atom. The van der Waals surface area contributed by atoms with Crippen molar-refractivity contribution in [1.29, 1.82) is 0 Å². The lowest BCUT2D eigenvalue weighted by atomic mass is 10.0. The molecule has 0 fully saturated rings. The quantitative estimate of drug-likeness (QED) is 0.385. The summed E-state index contributed by atoms with van der Waals surface area (Å²) in [4.78, 5) is 0. The van der Waals surface area contributed by atoms with Crippen LogP contribution in [0.5, 0.6) is 0 Å². The minimum absolute atomic E-state index is 0.345. The van der Waals surface area contributed by atoms with Crippen molar-refractivity contribution in [2.24, 2.45) is 5.84 Å². The molecule has 1 atom stereocenters. The average molecular weight is 275 g/mol. The van der Waals surface area contributed by atoms with Crippen LogP contribution in [0.1, 0.15) is 17.2 Å².